The molecule has 2 heterocycles. The van der Waals surface area contributed by atoms with Crippen molar-refractivity contribution in [2.75, 3.05) is 19.6 Å². The fourth-order valence-electron chi connectivity index (χ4n) is 3.50. The Morgan fingerprint density at radius 3 is 2.83 bits per heavy atom. The lowest BCUT2D eigenvalue weighted by molar-refractivity contribution is -0.124. The van der Waals surface area contributed by atoms with Gasteiger partial charge in [0.1, 0.15) is 6.04 Å². The zero-order chi connectivity index (χ0) is 16.4. The summed E-state index contributed by atoms with van der Waals surface area (Å²) in [6, 6.07) is 8.00. The predicted octanol–water partition coefficient (Wildman–Crippen LogP) is 1.61. The molecule has 0 aromatic heterocycles. The van der Waals surface area contributed by atoms with Gasteiger partial charge in [0.15, 0.2) is 0 Å². The molecule has 5 nitrogen and oxygen atoms in total. The Balaban J connectivity index is 0.00000208. The Kier molecular flexibility index (Phi) is 6.51. The Hall–Kier alpha value is -0.850. The van der Waals surface area contributed by atoms with Crippen molar-refractivity contribution < 1.29 is 4.79 Å². The van der Waals surface area contributed by atoms with Crippen LogP contribution in [0.4, 0.5) is 0 Å². The average molecular weight is 373 g/mol. The fraction of sp³-hybridized carbons (Fsp3) is 0.588. The average Bonchev–Trinajstić information content (AvgIpc) is 2.97. The molecule has 0 saturated carbocycles. The minimum atomic E-state index is -0.218. The van der Waals surface area contributed by atoms with Crippen LogP contribution in [0.2, 0.25) is 5.02 Å². The third-order valence-corrected chi connectivity index (χ3v) is 5.30. The molecule has 0 aliphatic carbocycles. The molecule has 3 rings (SSSR count). The molecule has 1 aromatic carbocycles. The van der Waals surface area contributed by atoms with Crippen molar-refractivity contribution in [3.05, 3.63) is 34.9 Å². The van der Waals surface area contributed by atoms with Crippen LogP contribution in [0.5, 0.6) is 0 Å². The van der Waals surface area contributed by atoms with E-state index in [2.05, 4.69) is 35.3 Å². The van der Waals surface area contributed by atoms with Gasteiger partial charge in [-0.3, -0.25) is 10.2 Å². The van der Waals surface area contributed by atoms with Gasteiger partial charge in [-0.1, -0.05) is 43.6 Å². The highest BCUT2D eigenvalue weighted by atomic mass is 35.5. The van der Waals surface area contributed by atoms with Crippen LogP contribution in [0.15, 0.2) is 24.3 Å². The summed E-state index contributed by atoms with van der Waals surface area (Å²) in [4.78, 5) is 12.6. The molecule has 3 unspecified atom stereocenters. The molecular weight excluding hydrogens is 347 g/mol. The van der Waals surface area contributed by atoms with Gasteiger partial charge in [-0.05, 0) is 24.6 Å². The molecule has 24 heavy (non-hydrogen) atoms. The van der Waals surface area contributed by atoms with Crippen molar-refractivity contribution in [3.8, 4) is 0 Å². The Morgan fingerprint density at radius 2 is 2.08 bits per heavy atom. The summed E-state index contributed by atoms with van der Waals surface area (Å²) < 4.78 is 0. The van der Waals surface area contributed by atoms with E-state index in [-0.39, 0.29) is 29.8 Å². The maximum atomic E-state index is 12.6. The van der Waals surface area contributed by atoms with E-state index in [0.717, 1.165) is 30.1 Å². The predicted molar refractivity (Wildman–Crippen MR) is 99.6 cm³/mol. The van der Waals surface area contributed by atoms with Gasteiger partial charge in [0.05, 0.1) is 0 Å². The van der Waals surface area contributed by atoms with Crippen molar-refractivity contribution in [2.45, 2.75) is 37.8 Å². The number of hydrazine groups is 1. The van der Waals surface area contributed by atoms with Crippen LogP contribution in [-0.4, -0.2) is 37.6 Å². The number of halogens is 2. The van der Waals surface area contributed by atoms with E-state index in [0.29, 0.717) is 18.5 Å². The van der Waals surface area contributed by atoms with Gasteiger partial charge in [-0.15, -0.1) is 12.4 Å². The number of carbonyl (C=O) groups is 1. The second-order valence-electron chi connectivity index (χ2n) is 7.11. The summed E-state index contributed by atoms with van der Waals surface area (Å²) in [5, 5.41) is 7.20. The van der Waals surface area contributed by atoms with Crippen molar-refractivity contribution in [1.29, 1.82) is 0 Å². The number of fused-ring (bicyclic) bond motifs is 1. The largest absolute Gasteiger partial charge is 0.354 e. The lowest BCUT2D eigenvalue weighted by Crippen LogP contribution is -2.51. The van der Waals surface area contributed by atoms with Crippen molar-refractivity contribution in [3.63, 3.8) is 0 Å². The van der Waals surface area contributed by atoms with E-state index in [4.69, 9.17) is 11.6 Å². The van der Waals surface area contributed by atoms with Gasteiger partial charge in [0, 0.05) is 35.5 Å². The molecule has 1 aromatic rings. The molecule has 1 amide bonds. The molecule has 3 atom stereocenters. The molecule has 7 heteroatoms. The quantitative estimate of drug-likeness (QED) is 0.648. The molecule has 0 spiro atoms. The van der Waals surface area contributed by atoms with Crippen LogP contribution in [0.1, 0.15) is 25.8 Å². The fourth-order valence-corrected chi connectivity index (χ4v) is 3.89. The van der Waals surface area contributed by atoms with Crippen molar-refractivity contribution in [1.82, 2.24) is 21.5 Å². The van der Waals surface area contributed by atoms with Gasteiger partial charge in [0.2, 0.25) is 5.91 Å². The van der Waals surface area contributed by atoms with Crippen LogP contribution in [0, 0.1) is 5.92 Å². The maximum absolute atomic E-state index is 12.6. The lowest BCUT2D eigenvalue weighted by Gasteiger charge is -2.30. The first-order valence-electron chi connectivity index (χ1n) is 8.23. The van der Waals surface area contributed by atoms with E-state index >= 15 is 0 Å². The zero-order valence-corrected chi connectivity index (χ0v) is 15.6. The highest BCUT2D eigenvalue weighted by molar-refractivity contribution is 6.31. The van der Waals surface area contributed by atoms with Gasteiger partial charge in [-0.2, -0.15) is 0 Å². The Morgan fingerprint density at radius 1 is 1.33 bits per heavy atom. The van der Waals surface area contributed by atoms with E-state index in [1.54, 1.807) is 0 Å². The van der Waals surface area contributed by atoms with Gasteiger partial charge in [-0.25, -0.2) is 5.43 Å². The molecule has 2 aliphatic heterocycles. The highest BCUT2D eigenvalue weighted by Gasteiger charge is 2.41. The van der Waals surface area contributed by atoms with Gasteiger partial charge < -0.3 is 10.6 Å². The summed E-state index contributed by atoms with van der Waals surface area (Å²) in [7, 11) is 0. The zero-order valence-electron chi connectivity index (χ0n) is 14.1. The summed E-state index contributed by atoms with van der Waals surface area (Å²) in [6.07, 6.45) is 1.05. The number of rotatable bonds is 4. The first-order chi connectivity index (χ1) is 11.0. The minimum absolute atomic E-state index is 0. The van der Waals surface area contributed by atoms with Crippen LogP contribution < -0.4 is 21.5 Å². The molecule has 2 aliphatic rings. The summed E-state index contributed by atoms with van der Waals surface area (Å²) in [6.45, 7) is 6.62. The lowest BCUT2D eigenvalue weighted by atomic mass is 9.84. The number of hydrogen-bond acceptors (Lipinski definition) is 4. The van der Waals surface area contributed by atoms with Crippen LogP contribution in [-0.2, 0) is 10.2 Å². The first-order valence-corrected chi connectivity index (χ1v) is 8.61. The van der Waals surface area contributed by atoms with Gasteiger partial charge in [0.25, 0.3) is 0 Å². The number of benzene rings is 1. The molecule has 0 radical (unpaired) electrons. The molecule has 0 bridgehead atoms. The molecule has 4 N–H and O–H groups in total. The van der Waals surface area contributed by atoms with Crippen LogP contribution in [0.25, 0.3) is 0 Å². The second kappa shape index (κ2) is 8.02. The normalized spacial score (nSPS) is 26.4. The standard InChI is InChI=1S/C17H25ClN4O.ClH/c1-17(2,12-5-3-4-6-13(12)18)10-20-16(23)15-11-9-19-8-7-14(11)21-22-15;/h3-6,11,14-15,19,21-22H,7-10H2,1-2H3,(H,20,23);1H. The summed E-state index contributed by atoms with van der Waals surface area (Å²) in [5.74, 6) is 0.348. The van der Waals surface area contributed by atoms with Gasteiger partial charge >= 0.3 is 0 Å². The monoisotopic (exact) mass is 372 g/mol. The summed E-state index contributed by atoms with van der Waals surface area (Å²) >= 11 is 6.30. The van der Waals surface area contributed by atoms with Crippen molar-refractivity contribution >= 4 is 29.9 Å². The molecule has 2 saturated heterocycles. The highest BCUT2D eigenvalue weighted by Crippen LogP contribution is 2.29. The molecule has 2 fully saturated rings. The smallest absolute Gasteiger partial charge is 0.238 e. The third kappa shape index (κ3) is 4.03. The Bertz CT molecular complexity index is 581. The maximum Gasteiger partial charge on any atom is 0.238 e. The molecule has 134 valence electrons. The minimum Gasteiger partial charge on any atom is -0.354 e. The van der Waals surface area contributed by atoms with Crippen molar-refractivity contribution in [2.24, 2.45) is 5.92 Å². The SMILES string of the molecule is CC(C)(CNC(=O)C1NNC2CCNCC21)c1ccccc1Cl.Cl. The Labute approximate surface area is 154 Å². The van der Waals surface area contributed by atoms with E-state index < -0.39 is 0 Å². The number of piperidine rings is 1. The van der Waals surface area contributed by atoms with Crippen LogP contribution in [0.3, 0.4) is 0 Å². The number of amides is 1. The molecular formula is C17H26Cl2N4O. The number of hydrogen-bond donors (Lipinski definition) is 4. The van der Waals surface area contributed by atoms with E-state index in [1.807, 2.05) is 24.3 Å². The van der Waals surface area contributed by atoms with E-state index in [9.17, 15) is 4.79 Å². The topological polar surface area (TPSA) is 65.2 Å². The number of nitrogens with one attached hydrogen (secondary N) is 4. The third-order valence-electron chi connectivity index (χ3n) is 4.97. The number of carbonyl (C=O) groups excluding carboxylic acids is 1. The summed E-state index contributed by atoms with van der Waals surface area (Å²) in [5.41, 5.74) is 7.25. The van der Waals surface area contributed by atoms with Crippen LogP contribution >= 0.6 is 24.0 Å². The van der Waals surface area contributed by atoms with E-state index in [1.165, 1.54) is 0 Å². The first kappa shape index (κ1) is 19.5. The second-order valence-corrected chi connectivity index (χ2v) is 7.52.